The third-order valence-corrected chi connectivity index (χ3v) is 5.68. The topological polar surface area (TPSA) is 105 Å². The van der Waals surface area contributed by atoms with Gasteiger partial charge in [-0.3, -0.25) is 14.4 Å². The van der Waals surface area contributed by atoms with Crippen LogP contribution in [-0.2, 0) is 27.3 Å². The molecule has 0 radical (unpaired) electrons. The Morgan fingerprint density at radius 3 is 2.36 bits per heavy atom. The summed E-state index contributed by atoms with van der Waals surface area (Å²) >= 11 is 0. The largest absolute Gasteiger partial charge is 0.343 e. The predicted molar refractivity (Wildman–Crippen MR) is 129 cm³/mol. The fraction of sp³-hybridized carbons (Fsp3) is 0.423. The SMILES string of the molecule is CC(C)C[C@@H](NC(=O)C(C)(C)N)C(=O)NC1Cc2ccccc2N(Cc2ccccc2)C1=O. The van der Waals surface area contributed by atoms with Gasteiger partial charge >= 0.3 is 0 Å². The molecule has 0 fully saturated rings. The molecule has 2 atom stereocenters. The standard InChI is InChI=1S/C26H34N4O3/c1-17(2)14-20(29-25(33)26(3,4)27)23(31)28-21-15-19-12-8-9-13-22(19)30(24(21)32)16-18-10-6-5-7-11-18/h5-13,17,20-21H,14-16,27H2,1-4H3,(H,28,31)(H,29,33)/t20-,21?/m1/s1. The molecule has 3 amide bonds. The fourth-order valence-corrected chi connectivity index (χ4v) is 3.92. The van der Waals surface area contributed by atoms with E-state index in [-0.39, 0.29) is 17.7 Å². The van der Waals surface area contributed by atoms with Gasteiger partial charge in [-0.25, -0.2) is 0 Å². The van der Waals surface area contributed by atoms with Crippen molar-refractivity contribution in [1.82, 2.24) is 10.6 Å². The van der Waals surface area contributed by atoms with Crippen LogP contribution in [0.5, 0.6) is 0 Å². The van der Waals surface area contributed by atoms with E-state index in [1.165, 1.54) is 0 Å². The number of nitrogens with two attached hydrogens (primary N) is 1. The summed E-state index contributed by atoms with van der Waals surface area (Å²) in [5, 5.41) is 5.66. The van der Waals surface area contributed by atoms with E-state index in [9.17, 15) is 14.4 Å². The predicted octanol–water partition coefficient (Wildman–Crippen LogP) is 2.53. The molecular formula is C26H34N4O3. The fourth-order valence-electron chi connectivity index (χ4n) is 3.92. The monoisotopic (exact) mass is 450 g/mol. The van der Waals surface area contributed by atoms with E-state index in [0.717, 1.165) is 16.8 Å². The highest BCUT2D eigenvalue weighted by Crippen LogP contribution is 2.29. The summed E-state index contributed by atoms with van der Waals surface area (Å²) in [6.45, 7) is 7.55. The Morgan fingerprint density at radius 1 is 1.09 bits per heavy atom. The number of carbonyl (C=O) groups is 3. The number of benzene rings is 2. The third-order valence-electron chi connectivity index (χ3n) is 5.68. The van der Waals surface area contributed by atoms with E-state index >= 15 is 0 Å². The molecule has 0 aromatic heterocycles. The summed E-state index contributed by atoms with van der Waals surface area (Å²) in [5.74, 6) is -0.785. The average Bonchev–Trinajstić information content (AvgIpc) is 2.75. The van der Waals surface area contributed by atoms with Gasteiger partial charge in [-0.15, -0.1) is 0 Å². The Balaban J connectivity index is 1.82. The summed E-state index contributed by atoms with van der Waals surface area (Å²) in [7, 11) is 0. The molecule has 33 heavy (non-hydrogen) atoms. The number of nitrogens with one attached hydrogen (secondary N) is 2. The molecule has 2 aromatic carbocycles. The lowest BCUT2D eigenvalue weighted by atomic mass is 9.95. The first kappa shape index (κ1) is 24.5. The van der Waals surface area contributed by atoms with E-state index in [2.05, 4.69) is 10.6 Å². The van der Waals surface area contributed by atoms with Crippen molar-refractivity contribution in [2.24, 2.45) is 11.7 Å². The Bertz CT molecular complexity index is 998. The van der Waals surface area contributed by atoms with Crippen LogP contribution < -0.4 is 21.3 Å². The van der Waals surface area contributed by atoms with Crippen LogP contribution in [0.3, 0.4) is 0 Å². The second kappa shape index (κ2) is 10.2. The zero-order valence-corrected chi connectivity index (χ0v) is 19.8. The van der Waals surface area contributed by atoms with Crippen LogP contribution in [0.15, 0.2) is 54.6 Å². The summed E-state index contributed by atoms with van der Waals surface area (Å²) in [5.41, 5.74) is 7.64. The van der Waals surface area contributed by atoms with Gasteiger partial charge in [0, 0.05) is 12.1 Å². The van der Waals surface area contributed by atoms with Crippen LogP contribution in [0.4, 0.5) is 5.69 Å². The van der Waals surface area contributed by atoms with Gasteiger partial charge in [0.2, 0.25) is 17.7 Å². The molecule has 1 unspecified atom stereocenters. The van der Waals surface area contributed by atoms with Gasteiger partial charge in [-0.05, 0) is 43.4 Å². The molecule has 1 aliphatic rings. The van der Waals surface area contributed by atoms with Crippen molar-refractivity contribution in [3.05, 3.63) is 65.7 Å². The van der Waals surface area contributed by atoms with Crippen molar-refractivity contribution in [2.75, 3.05) is 4.90 Å². The first-order valence-electron chi connectivity index (χ1n) is 11.4. The molecule has 4 N–H and O–H groups in total. The van der Waals surface area contributed by atoms with Crippen LogP contribution in [0.1, 0.15) is 45.2 Å². The van der Waals surface area contributed by atoms with E-state index in [1.807, 2.05) is 68.4 Å². The van der Waals surface area contributed by atoms with E-state index in [4.69, 9.17) is 5.73 Å². The number of hydrogen-bond donors (Lipinski definition) is 3. The third kappa shape index (κ3) is 6.20. The first-order chi connectivity index (χ1) is 15.6. The van der Waals surface area contributed by atoms with E-state index < -0.39 is 23.5 Å². The molecule has 0 spiro atoms. The molecule has 1 aliphatic heterocycles. The van der Waals surface area contributed by atoms with Crippen LogP contribution in [0, 0.1) is 5.92 Å². The molecule has 1 heterocycles. The van der Waals surface area contributed by atoms with Gasteiger partial charge in [0.25, 0.3) is 0 Å². The van der Waals surface area contributed by atoms with Crippen molar-refractivity contribution < 1.29 is 14.4 Å². The molecule has 0 bridgehead atoms. The van der Waals surface area contributed by atoms with Gasteiger partial charge in [0.1, 0.15) is 12.1 Å². The number of para-hydroxylation sites is 1. The summed E-state index contributed by atoms with van der Waals surface area (Å²) in [6.07, 6.45) is 0.843. The normalized spacial score (nSPS) is 16.8. The number of carbonyl (C=O) groups excluding carboxylic acids is 3. The average molecular weight is 451 g/mol. The quantitative estimate of drug-likeness (QED) is 0.575. The zero-order chi connectivity index (χ0) is 24.2. The first-order valence-corrected chi connectivity index (χ1v) is 11.4. The van der Waals surface area contributed by atoms with Gasteiger partial charge in [-0.1, -0.05) is 62.4 Å². The Morgan fingerprint density at radius 2 is 1.73 bits per heavy atom. The second-order valence-corrected chi connectivity index (χ2v) is 9.68. The summed E-state index contributed by atoms with van der Waals surface area (Å²) < 4.78 is 0. The molecule has 176 valence electrons. The van der Waals surface area contributed by atoms with Gasteiger partial charge in [0.15, 0.2) is 0 Å². The van der Waals surface area contributed by atoms with Crippen molar-refractivity contribution in [1.29, 1.82) is 0 Å². The Kier molecular flexibility index (Phi) is 7.53. The van der Waals surface area contributed by atoms with Crippen molar-refractivity contribution in [3.63, 3.8) is 0 Å². The molecule has 7 nitrogen and oxygen atoms in total. The summed E-state index contributed by atoms with van der Waals surface area (Å²) in [4.78, 5) is 40.8. The molecule has 0 saturated heterocycles. The number of amides is 3. The highest BCUT2D eigenvalue weighted by molar-refractivity contribution is 6.02. The van der Waals surface area contributed by atoms with Gasteiger partial charge < -0.3 is 21.3 Å². The number of nitrogens with zero attached hydrogens (tertiary/aromatic N) is 1. The minimum Gasteiger partial charge on any atom is -0.343 e. The maximum atomic E-state index is 13.5. The van der Waals surface area contributed by atoms with Crippen molar-refractivity contribution in [3.8, 4) is 0 Å². The molecule has 0 aliphatic carbocycles. The highest BCUT2D eigenvalue weighted by Gasteiger charge is 2.36. The zero-order valence-electron chi connectivity index (χ0n) is 19.8. The molecule has 3 rings (SSSR count). The van der Waals surface area contributed by atoms with Crippen molar-refractivity contribution >= 4 is 23.4 Å². The molecule has 0 saturated carbocycles. The molecule has 7 heteroatoms. The van der Waals surface area contributed by atoms with Gasteiger partial charge in [-0.2, -0.15) is 0 Å². The van der Waals surface area contributed by atoms with E-state index in [1.54, 1.807) is 18.7 Å². The summed E-state index contributed by atoms with van der Waals surface area (Å²) in [6, 6.07) is 16.0. The number of fused-ring (bicyclic) bond motifs is 1. The van der Waals surface area contributed by atoms with Crippen LogP contribution in [0.2, 0.25) is 0 Å². The van der Waals surface area contributed by atoms with Crippen LogP contribution in [-0.4, -0.2) is 35.3 Å². The maximum Gasteiger partial charge on any atom is 0.250 e. The Hall–Kier alpha value is -3.19. The Labute approximate surface area is 195 Å². The van der Waals surface area contributed by atoms with Crippen LogP contribution in [0.25, 0.3) is 0 Å². The van der Waals surface area contributed by atoms with Crippen LogP contribution >= 0.6 is 0 Å². The minimum absolute atomic E-state index is 0.166. The van der Waals surface area contributed by atoms with Crippen molar-refractivity contribution in [2.45, 2.75) is 64.7 Å². The van der Waals surface area contributed by atoms with Gasteiger partial charge in [0.05, 0.1) is 12.1 Å². The number of anilines is 1. The lowest BCUT2D eigenvalue weighted by Gasteiger charge is -2.35. The molecular weight excluding hydrogens is 416 g/mol. The number of hydrogen-bond acceptors (Lipinski definition) is 4. The second-order valence-electron chi connectivity index (χ2n) is 9.68. The minimum atomic E-state index is -1.11. The number of rotatable bonds is 8. The smallest absolute Gasteiger partial charge is 0.250 e. The maximum absolute atomic E-state index is 13.5. The lowest BCUT2D eigenvalue weighted by molar-refractivity contribution is -0.133. The van der Waals surface area contributed by atoms with E-state index in [0.29, 0.717) is 19.4 Å². The lowest BCUT2D eigenvalue weighted by Crippen LogP contribution is -2.59. The highest BCUT2D eigenvalue weighted by atomic mass is 16.2. The molecule has 2 aromatic rings.